The molecule has 0 aromatic heterocycles. The Balaban J connectivity index is 2.82. The smallest absolute Gasteiger partial charge is 0.317 e. The number of carboxylic acids is 1. The lowest BCUT2D eigenvalue weighted by atomic mass is 10.6. The lowest BCUT2D eigenvalue weighted by molar-refractivity contribution is -0.135. The van der Waals surface area contributed by atoms with Crippen molar-refractivity contribution in [2.75, 3.05) is 13.1 Å². The summed E-state index contributed by atoms with van der Waals surface area (Å²) in [5, 5.41) is 10.4. The van der Waals surface area contributed by atoms with Gasteiger partial charge in [-0.2, -0.15) is 0 Å². The first kappa shape index (κ1) is 6.43. The second kappa shape index (κ2) is 3.61. The average molecular weight is 101 g/mol. The van der Waals surface area contributed by atoms with Crippen LogP contribution in [0.3, 0.4) is 0 Å². The van der Waals surface area contributed by atoms with E-state index in [2.05, 4.69) is 5.32 Å². The Bertz CT molecular complexity index is 62.7. The standard InChI is InChI=1S/C4H7NO2/c1-2-5-3-4(6)7/h1,5H,2-3H2,(H,6,7). The van der Waals surface area contributed by atoms with Crippen molar-refractivity contribution in [3.63, 3.8) is 0 Å². The van der Waals surface area contributed by atoms with Crippen LogP contribution in [0.1, 0.15) is 0 Å². The highest BCUT2D eigenvalue weighted by Crippen LogP contribution is 1.56. The molecule has 0 atom stereocenters. The van der Waals surface area contributed by atoms with E-state index in [9.17, 15) is 4.79 Å². The van der Waals surface area contributed by atoms with Gasteiger partial charge in [0, 0.05) is 0 Å². The Kier molecular flexibility index (Phi) is 3.32. The van der Waals surface area contributed by atoms with Crippen LogP contribution in [0.2, 0.25) is 0 Å². The molecular formula is C4H7NO2. The minimum Gasteiger partial charge on any atom is -0.480 e. The van der Waals surface area contributed by atoms with E-state index in [-0.39, 0.29) is 13.1 Å². The molecule has 0 spiro atoms. The summed E-state index contributed by atoms with van der Waals surface area (Å²) in [5.74, 6) is -0.884. The van der Waals surface area contributed by atoms with Gasteiger partial charge in [0.05, 0.1) is 6.54 Å². The van der Waals surface area contributed by atoms with Gasteiger partial charge in [0.25, 0.3) is 0 Å². The summed E-state index contributed by atoms with van der Waals surface area (Å²) in [5.41, 5.74) is 0. The van der Waals surface area contributed by atoms with Crippen LogP contribution in [0.15, 0.2) is 0 Å². The number of aliphatic carboxylic acids is 1. The maximum absolute atomic E-state index is 9.64. The van der Waals surface area contributed by atoms with Crippen LogP contribution in [0.4, 0.5) is 0 Å². The van der Waals surface area contributed by atoms with Crippen LogP contribution in [-0.2, 0) is 4.79 Å². The first-order chi connectivity index (χ1) is 3.27. The predicted octanol–water partition coefficient (Wildman–Crippen LogP) is -0.628. The molecule has 0 heterocycles. The van der Waals surface area contributed by atoms with Gasteiger partial charge < -0.3 is 10.4 Å². The molecule has 0 rings (SSSR count). The molecule has 2 N–H and O–H groups in total. The summed E-state index contributed by atoms with van der Waals surface area (Å²) in [6.45, 7) is 5.06. The number of hydrogen-bond acceptors (Lipinski definition) is 2. The summed E-state index contributed by atoms with van der Waals surface area (Å²) >= 11 is 0. The third-order valence-corrected chi connectivity index (χ3v) is 0.421. The van der Waals surface area contributed by atoms with E-state index in [1.807, 2.05) is 0 Å². The number of carbonyl (C=O) groups is 1. The van der Waals surface area contributed by atoms with Gasteiger partial charge in [-0.25, -0.2) is 0 Å². The normalized spacial score (nSPS) is 8.71. The third kappa shape index (κ3) is 5.43. The molecule has 0 unspecified atom stereocenters. The van der Waals surface area contributed by atoms with Gasteiger partial charge in [-0.15, -0.1) is 0 Å². The van der Waals surface area contributed by atoms with E-state index < -0.39 is 5.97 Å². The summed E-state index contributed by atoms with van der Waals surface area (Å²) in [4.78, 5) is 9.64. The molecule has 0 bridgehead atoms. The molecule has 0 aliphatic heterocycles. The Morgan fingerprint density at radius 3 is 2.57 bits per heavy atom. The van der Waals surface area contributed by atoms with Gasteiger partial charge >= 0.3 is 5.97 Å². The lowest BCUT2D eigenvalue weighted by Crippen LogP contribution is -2.21. The van der Waals surface area contributed by atoms with Gasteiger partial charge in [-0.05, 0) is 13.5 Å². The highest BCUT2D eigenvalue weighted by molar-refractivity contribution is 5.68. The largest absolute Gasteiger partial charge is 0.480 e. The predicted molar refractivity (Wildman–Crippen MR) is 24.8 cm³/mol. The quantitative estimate of drug-likeness (QED) is 0.497. The van der Waals surface area contributed by atoms with Crippen LogP contribution in [-0.4, -0.2) is 24.2 Å². The second-order valence-corrected chi connectivity index (χ2v) is 1.02. The molecule has 3 heteroatoms. The highest BCUT2D eigenvalue weighted by atomic mass is 16.4. The molecule has 2 radical (unpaired) electrons. The van der Waals surface area contributed by atoms with Crippen LogP contribution >= 0.6 is 0 Å². The Hall–Kier alpha value is -0.570. The average Bonchev–Trinajstić information content (AvgIpc) is 1.61. The topological polar surface area (TPSA) is 49.3 Å². The Morgan fingerprint density at radius 1 is 1.86 bits per heavy atom. The number of hydrogen-bond donors (Lipinski definition) is 2. The fourth-order valence-electron chi connectivity index (χ4n) is 0.179. The summed E-state index contributed by atoms with van der Waals surface area (Å²) in [7, 11) is 0. The van der Waals surface area contributed by atoms with Crippen molar-refractivity contribution in [2.45, 2.75) is 0 Å². The van der Waals surface area contributed by atoms with E-state index in [4.69, 9.17) is 12.0 Å². The first-order valence-corrected chi connectivity index (χ1v) is 1.90. The van der Waals surface area contributed by atoms with Crippen molar-refractivity contribution in [3.8, 4) is 0 Å². The van der Waals surface area contributed by atoms with Crippen molar-refractivity contribution in [3.05, 3.63) is 6.92 Å². The second-order valence-electron chi connectivity index (χ2n) is 1.02. The maximum Gasteiger partial charge on any atom is 0.317 e. The van der Waals surface area contributed by atoms with E-state index >= 15 is 0 Å². The van der Waals surface area contributed by atoms with E-state index in [1.54, 1.807) is 0 Å². The molecule has 0 fully saturated rings. The molecule has 0 saturated heterocycles. The van der Waals surface area contributed by atoms with Gasteiger partial charge in [0.2, 0.25) is 0 Å². The number of nitrogens with one attached hydrogen (secondary N) is 1. The van der Waals surface area contributed by atoms with Gasteiger partial charge in [-0.3, -0.25) is 4.79 Å². The van der Waals surface area contributed by atoms with E-state index in [1.165, 1.54) is 0 Å². The Morgan fingerprint density at radius 2 is 2.43 bits per heavy atom. The molecule has 0 amide bonds. The Labute approximate surface area is 42.3 Å². The molecule has 0 aliphatic rings. The monoisotopic (exact) mass is 101 g/mol. The van der Waals surface area contributed by atoms with Crippen molar-refractivity contribution in [2.24, 2.45) is 0 Å². The minimum absolute atomic E-state index is 0.0590. The zero-order valence-electron chi connectivity index (χ0n) is 3.85. The summed E-state index contributed by atoms with van der Waals surface area (Å²) in [6, 6.07) is 0. The minimum atomic E-state index is -0.884. The molecule has 3 nitrogen and oxygen atoms in total. The zero-order valence-corrected chi connectivity index (χ0v) is 3.85. The van der Waals surface area contributed by atoms with Crippen molar-refractivity contribution < 1.29 is 9.90 Å². The lowest BCUT2D eigenvalue weighted by Gasteiger charge is -1.90. The van der Waals surface area contributed by atoms with E-state index in [0.717, 1.165) is 0 Å². The van der Waals surface area contributed by atoms with Crippen molar-refractivity contribution in [1.29, 1.82) is 0 Å². The fraction of sp³-hybridized carbons (Fsp3) is 0.500. The van der Waals surface area contributed by atoms with Gasteiger partial charge in [0.1, 0.15) is 0 Å². The molecule has 0 aromatic carbocycles. The summed E-state index contributed by atoms with van der Waals surface area (Å²) < 4.78 is 0. The first-order valence-electron chi connectivity index (χ1n) is 1.90. The molecule has 0 aromatic rings. The van der Waals surface area contributed by atoms with Gasteiger partial charge in [0.15, 0.2) is 0 Å². The van der Waals surface area contributed by atoms with Crippen LogP contribution in [0.25, 0.3) is 0 Å². The number of rotatable bonds is 3. The maximum atomic E-state index is 9.64. The van der Waals surface area contributed by atoms with Crippen molar-refractivity contribution >= 4 is 5.97 Å². The zero-order chi connectivity index (χ0) is 5.70. The summed E-state index contributed by atoms with van der Waals surface area (Å²) in [6.07, 6.45) is 0. The SMILES string of the molecule is [CH]CNCC(=O)O. The fourth-order valence-corrected chi connectivity index (χ4v) is 0.179. The van der Waals surface area contributed by atoms with E-state index in [0.29, 0.717) is 0 Å². The van der Waals surface area contributed by atoms with Crippen LogP contribution in [0, 0.1) is 6.92 Å². The molecule has 40 valence electrons. The molecule has 0 aliphatic carbocycles. The van der Waals surface area contributed by atoms with Gasteiger partial charge in [-0.1, -0.05) is 0 Å². The molecule has 7 heavy (non-hydrogen) atoms. The highest BCUT2D eigenvalue weighted by Gasteiger charge is 1.89. The number of carboxylic acid groups (broad SMARTS) is 1. The molecular weight excluding hydrogens is 94.0 g/mol. The van der Waals surface area contributed by atoms with Crippen LogP contribution < -0.4 is 5.32 Å². The van der Waals surface area contributed by atoms with Crippen LogP contribution in [0.5, 0.6) is 0 Å². The van der Waals surface area contributed by atoms with Crippen molar-refractivity contribution in [1.82, 2.24) is 5.32 Å². The molecule has 0 saturated carbocycles. The third-order valence-electron chi connectivity index (χ3n) is 0.421.